The van der Waals surface area contributed by atoms with Crippen LogP contribution in [0.1, 0.15) is 18.2 Å². The lowest BCUT2D eigenvalue weighted by Gasteiger charge is -2.28. The van der Waals surface area contributed by atoms with Crippen LogP contribution in [0.2, 0.25) is 0 Å². The highest BCUT2D eigenvalue weighted by atomic mass is 35.5. The average Bonchev–Trinajstić information content (AvgIpc) is 2.30. The molecule has 0 amide bonds. The fraction of sp³-hybridized carbons (Fsp3) is 0.214. The third-order valence-corrected chi connectivity index (χ3v) is 3.12. The van der Waals surface area contributed by atoms with Crippen LogP contribution in [0.4, 0.5) is 4.39 Å². The summed E-state index contributed by atoms with van der Waals surface area (Å²) in [6, 6.07) is 11.7. The molecule has 1 N–H and O–H groups in total. The van der Waals surface area contributed by atoms with Crippen molar-refractivity contribution in [1.29, 1.82) is 0 Å². The van der Waals surface area contributed by atoms with Gasteiger partial charge in [0.05, 0.1) is 17.9 Å². The second kappa shape index (κ2) is 5.46. The van der Waals surface area contributed by atoms with E-state index in [9.17, 15) is 4.39 Å². The number of pyridine rings is 1. The van der Waals surface area contributed by atoms with E-state index in [0.717, 1.165) is 29.8 Å². The molecular weight excluding hydrogens is 251 g/mol. The van der Waals surface area contributed by atoms with E-state index in [1.807, 2.05) is 30.3 Å². The molecule has 2 nitrogen and oxygen atoms in total. The minimum atomic E-state index is -0.285. The average molecular weight is 265 g/mol. The summed E-state index contributed by atoms with van der Waals surface area (Å²) < 4.78 is 13.3. The van der Waals surface area contributed by atoms with Crippen molar-refractivity contribution in [3.8, 4) is 11.1 Å². The van der Waals surface area contributed by atoms with Crippen LogP contribution in [-0.4, -0.2) is 11.5 Å². The highest BCUT2D eigenvalue weighted by Gasteiger charge is 2.23. The molecule has 94 valence electrons. The molecule has 1 aromatic heterocycles. The SMILES string of the molecule is Cl.Fc1cnc(C2CCN2)c(-c2ccccc2)c1. The molecule has 3 rings (SSSR count). The number of nitrogens with one attached hydrogen (secondary N) is 1. The number of benzene rings is 1. The molecule has 0 radical (unpaired) electrons. The minimum Gasteiger partial charge on any atom is -0.308 e. The second-order valence-corrected chi connectivity index (χ2v) is 4.25. The van der Waals surface area contributed by atoms with Crippen LogP contribution in [0.15, 0.2) is 42.6 Å². The van der Waals surface area contributed by atoms with Crippen molar-refractivity contribution in [2.45, 2.75) is 12.5 Å². The number of hydrogen-bond acceptors (Lipinski definition) is 2. The van der Waals surface area contributed by atoms with Crippen molar-refractivity contribution in [2.75, 3.05) is 6.54 Å². The Kier molecular flexibility index (Phi) is 3.94. The molecule has 4 heteroatoms. The minimum absolute atomic E-state index is 0. The largest absolute Gasteiger partial charge is 0.308 e. The summed E-state index contributed by atoms with van der Waals surface area (Å²) in [5, 5.41) is 3.31. The first-order valence-electron chi connectivity index (χ1n) is 5.79. The van der Waals surface area contributed by atoms with Crippen LogP contribution in [0.25, 0.3) is 11.1 Å². The fourth-order valence-electron chi connectivity index (χ4n) is 2.10. The van der Waals surface area contributed by atoms with E-state index in [1.54, 1.807) is 6.07 Å². The van der Waals surface area contributed by atoms with Crippen LogP contribution >= 0.6 is 12.4 Å². The molecule has 0 spiro atoms. The van der Waals surface area contributed by atoms with Crippen LogP contribution in [0, 0.1) is 5.82 Å². The maximum absolute atomic E-state index is 13.3. The van der Waals surface area contributed by atoms with Gasteiger partial charge in [0, 0.05) is 5.56 Å². The topological polar surface area (TPSA) is 24.9 Å². The van der Waals surface area contributed by atoms with E-state index in [0.29, 0.717) is 0 Å². The normalized spacial score (nSPS) is 17.7. The Morgan fingerprint density at radius 1 is 1.22 bits per heavy atom. The van der Waals surface area contributed by atoms with Crippen LogP contribution in [0.3, 0.4) is 0 Å². The molecule has 0 aliphatic carbocycles. The summed E-state index contributed by atoms with van der Waals surface area (Å²) in [5.74, 6) is -0.285. The monoisotopic (exact) mass is 264 g/mol. The maximum Gasteiger partial charge on any atom is 0.142 e. The number of hydrogen-bond donors (Lipinski definition) is 1. The molecular formula is C14H14ClFN2. The van der Waals surface area contributed by atoms with Gasteiger partial charge >= 0.3 is 0 Å². The lowest BCUT2D eigenvalue weighted by Crippen LogP contribution is -2.35. The van der Waals surface area contributed by atoms with Gasteiger partial charge in [0.1, 0.15) is 5.82 Å². The van der Waals surface area contributed by atoms with Gasteiger partial charge in [-0.1, -0.05) is 30.3 Å². The lowest BCUT2D eigenvalue weighted by atomic mass is 9.95. The van der Waals surface area contributed by atoms with Gasteiger partial charge in [0.2, 0.25) is 0 Å². The summed E-state index contributed by atoms with van der Waals surface area (Å²) in [6.07, 6.45) is 2.36. The van der Waals surface area contributed by atoms with Gasteiger partial charge in [-0.15, -0.1) is 12.4 Å². The number of halogens is 2. The van der Waals surface area contributed by atoms with Gasteiger partial charge in [-0.2, -0.15) is 0 Å². The second-order valence-electron chi connectivity index (χ2n) is 4.25. The molecule has 2 heterocycles. The van der Waals surface area contributed by atoms with Crippen molar-refractivity contribution >= 4 is 12.4 Å². The molecule has 1 aromatic carbocycles. The maximum atomic E-state index is 13.3. The third-order valence-electron chi connectivity index (χ3n) is 3.12. The van der Waals surface area contributed by atoms with Crippen molar-refractivity contribution in [1.82, 2.24) is 10.3 Å². The highest BCUT2D eigenvalue weighted by Crippen LogP contribution is 2.31. The van der Waals surface area contributed by atoms with Gasteiger partial charge in [-0.25, -0.2) is 4.39 Å². The van der Waals surface area contributed by atoms with E-state index >= 15 is 0 Å². The standard InChI is InChI=1S/C14H13FN2.ClH/c15-11-8-12(10-4-2-1-3-5-10)14(17-9-11)13-6-7-16-13;/h1-5,8-9,13,16H,6-7H2;1H. The Morgan fingerprint density at radius 2 is 1.94 bits per heavy atom. The highest BCUT2D eigenvalue weighted by molar-refractivity contribution is 5.85. The first kappa shape index (κ1) is 13.0. The van der Waals surface area contributed by atoms with Gasteiger partial charge in [-0.05, 0) is 24.6 Å². The van der Waals surface area contributed by atoms with Gasteiger partial charge in [0.15, 0.2) is 0 Å². The molecule has 1 atom stereocenters. The van der Waals surface area contributed by atoms with Gasteiger partial charge in [-0.3, -0.25) is 4.98 Å². The van der Waals surface area contributed by atoms with Gasteiger partial charge in [0.25, 0.3) is 0 Å². The Morgan fingerprint density at radius 3 is 2.56 bits per heavy atom. The predicted molar refractivity (Wildman–Crippen MR) is 72.2 cm³/mol. The van der Waals surface area contributed by atoms with Crippen LogP contribution in [0.5, 0.6) is 0 Å². The Bertz CT molecular complexity index is 527. The molecule has 0 saturated carbocycles. The Labute approximate surface area is 112 Å². The number of rotatable bonds is 2. The van der Waals surface area contributed by atoms with E-state index in [1.165, 1.54) is 6.20 Å². The van der Waals surface area contributed by atoms with Gasteiger partial charge < -0.3 is 5.32 Å². The zero-order valence-corrected chi connectivity index (χ0v) is 10.6. The molecule has 1 unspecified atom stereocenters. The quantitative estimate of drug-likeness (QED) is 0.900. The summed E-state index contributed by atoms with van der Waals surface area (Å²) >= 11 is 0. The summed E-state index contributed by atoms with van der Waals surface area (Å²) in [7, 11) is 0. The summed E-state index contributed by atoms with van der Waals surface area (Å²) in [6.45, 7) is 1.01. The first-order valence-corrected chi connectivity index (χ1v) is 5.79. The molecule has 1 aliphatic heterocycles. The molecule has 1 saturated heterocycles. The van der Waals surface area contributed by atoms with Crippen molar-refractivity contribution in [3.63, 3.8) is 0 Å². The zero-order valence-electron chi connectivity index (χ0n) is 9.77. The van der Waals surface area contributed by atoms with E-state index < -0.39 is 0 Å². The Balaban J connectivity index is 0.00000120. The third kappa shape index (κ3) is 2.37. The number of nitrogens with zero attached hydrogens (tertiary/aromatic N) is 1. The first-order chi connectivity index (χ1) is 8.34. The van der Waals surface area contributed by atoms with Crippen molar-refractivity contribution in [2.24, 2.45) is 0 Å². The molecule has 1 fully saturated rings. The molecule has 1 aliphatic rings. The van der Waals surface area contributed by atoms with Crippen molar-refractivity contribution < 1.29 is 4.39 Å². The lowest BCUT2D eigenvalue weighted by molar-refractivity contribution is 0.375. The predicted octanol–water partition coefficient (Wildman–Crippen LogP) is 3.34. The fourth-order valence-corrected chi connectivity index (χ4v) is 2.10. The summed E-state index contributed by atoms with van der Waals surface area (Å²) in [4.78, 5) is 4.24. The molecule has 0 bridgehead atoms. The van der Waals surface area contributed by atoms with E-state index in [2.05, 4.69) is 10.3 Å². The van der Waals surface area contributed by atoms with E-state index in [4.69, 9.17) is 0 Å². The smallest absolute Gasteiger partial charge is 0.142 e. The molecule has 2 aromatic rings. The summed E-state index contributed by atoms with van der Waals surface area (Å²) in [5.41, 5.74) is 2.86. The van der Waals surface area contributed by atoms with E-state index in [-0.39, 0.29) is 24.3 Å². The zero-order chi connectivity index (χ0) is 11.7. The van der Waals surface area contributed by atoms with Crippen LogP contribution in [-0.2, 0) is 0 Å². The van der Waals surface area contributed by atoms with Crippen LogP contribution < -0.4 is 5.32 Å². The van der Waals surface area contributed by atoms with Crippen molar-refractivity contribution in [3.05, 3.63) is 54.1 Å². The molecule has 18 heavy (non-hydrogen) atoms. The Hall–Kier alpha value is -1.45. The number of aromatic nitrogens is 1.